The second-order valence-electron chi connectivity index (χ2n) is 11.9. The fourth-order valence-corrected chi connectivity index (χ4v) is 5.07. The average Bonchev–Trinajstić information content (AvgIpc) is 3.07. The summed E-state index contributed by atoms with van der Waals surface area (Å²) in [6, 6.07) is 6.09. The van der Waals surface area contributed by atoms with E-state index in [2.05, 4.69) is 17.6 Å². The molecule has 1 fully saturated rings. The number of nitrogens with one attached hydrogen (secondary N) is 2. The van der Waals surface area contributed by atoms with Crippen molar-refractivity contribution in [2.24, 2.45) is 0 Å². The molecule has 0 radical (unpaired) electrons. The van der Waals surface area contributed by atoms with E-state index in [0.29, 0.717) is 38.3 Å². The van der Waals surface area contributed by atoms with Gasteiger partial charge in [0.25, 0.3) is 5.91 Å². The quantitative estimate of drug-likeness (QED) is 0.0662. The van der Waals surface area contributed by atoms with Gasteiger partial charge >= 0.3 is 24.1 Å². The first-order valence-corrected chi connectivity index (χ1v) is 17.1. The molecule has 2 amide bonds. The number of hydrogen-bond acceptors (Lipinski definition) is 13. The van der Waals surface area contributed by atoms with E-state index in [0.717, 1.165) is 19.3 Å². The summed E-state index contributed by atoms with van der Waals surface area (Å²) in [5.74, 6) is -3.40. The minimum absolute atomic E-state index is 0.0213. The van der Waals surface area contributed by atoms with Crippen molar-refractivity contribution in [2.75, 3.05) is 111 Å². The molecule has 0 bridgehead atoms. The van der Waals surface area contributed by atoms with Crippen molar-refractivity contribution in [3.05, 3.63) is 29.8 Å². The number of benzene rings is 1. The highest BCUT2D eigenvalue weighted by atomic mass is 16.7. The highest BCUT2D eigenvalue weighted by Gasteiger charge is 2.21. The van der Waals surface area contributed by atoms with Gasteiger partial charge in [0.15, 0.2) is 0 Å². The monoisotopic (exact) mass is 724 g/mol. The van der Waals surface area contributed by atoms with E-state index < -0.39 is 24.1 Å². The van der Waals surface area contributed by atoms with Gasteiger partial charge in [-0.05, 0) is 30.7 Å². The van der Waals surface area contributed by atoms with Crippen LogP contribution < -0.4 is 15.4 Å². The number of carboxylic acid groups (broad SMARTS) is 3. The van der Waals surface area contributed by atoms with Crippen LogP contribution in [0.5, 0.6) is 5.75 Å². The fraction of sp³-hybridized carbons (Fsp3) is 0.636. The molecule has 0 atom stereocenters. The molecule has 0 saturated carbocycles. The first-order chi connectivity index (χ1) is 24.4. The molecule has 1 heterocycles. The van der Waals surface area contributed by atoms with Crippen LogP contribution in [0.25, 0.3) is 0 Å². The van der Waals surface area contributed by atoms with Crippen molar-refractivity contribution in [3.63, 3.8) is 0 Å². The van der Waals surface area contributed by atoms with Crippen molar-refractivity contribution >= 4 is 35.9 Å². The molecule has 0 spiro atoms. The maximum absolute atomic E-state index is 12.7. The van der Waals surface area contributed by atoms with Gasteiger partial charge in [-0.15, -0.1) is 0 Å². The molecule has 18 heteroatoms. The Morgan fingerprint density at radius 3 is 1.59 bits per heavy atom. The molecule has 1 saturated heterocycles. The Hall–Kier alpha value is -4.36. The van der Waals surface area contributed by atoms with E-state index in [1.165, 1.54) is 12.1 Å². The minimum atomic E-state index is -1.03. The first kappa shape index (κ1) is 42.8. The van der Waals surface area contributed by atoms with Gasteiger partial charge in [0.05, 0.1) is 39.4 Å². The third-order valence-corrected chi connectivity index (χ3v) is 7.77. The zero-order valence-corrected chi connectivity index (χ0v) is 29.3. The molecule has 1 aromatic rings. The lowest BCUT2D eigenvalue weighted by molar-refractivity contribution is -0.140. The summed E-state index contributed by atoms with van der Waals surface area (Å²) in [6.45, 7) is 4.53. The maximum atomic E-state index is 12.7. The zero-order valence-electron chi connectivity index (χ0n) is 29.3. The Kier molecular flexibility index (Phi) is 20.8. The van der Waals surface area contributed by atoms with Crippen LogP contribution in [0, 0.1) is 0 Å². The minimum Gasteiger partial charge on any atom is -0.480 e. The SMILES string of the molecule is CCCCCNC(=O)c1ccc(OC(=O)OCCOCCNC(=O)CN2CCN(CC(=O)O)CCN(CC(=O)O)CCN(CC(=O)O)CC2)cc1. The Labute approximate surface area is 297 Å². The molecule has 5 N–H and O–H groups in total. The summed E-state index contributed by atoms with van der Waals surface area (Å²) in [7, 11) is 0. The van der Waals surface area contributed by atoms with E-state index in [9.17, 15) is 44.1 Å². The number of unbranched alkanes of at least 4 members (excludes halogenated alkanes) is 2. The third kappa shape index (κ3) is 20.2. The number of rotatable bonds is 20. The van der Waals surface area contributed by atoms with Crippen molar-refractivity contribution in [1.29, 1.82) is 0 Å². The largest absolute Gasteiger partial charge is 0.513 e. The Bertz CT molecular complexity index is 1220. The van der Waals surface area contributed by atoms with Crippen molar-refractivity contribution in [2.45, 2.75) is 26.2 Å². The average molecular weight is 725 g/mol. The van der Waals surface area contributed by atoms with E-state index >= 15 is 0 Å². The van der Waals surface area contributed by atoms with Gasteiger partial charge in [0, 0.05) is 71.0 Å². The Morgan fingerprint density at radius 2 is 1.12 bits per heavy atom. The predicted octanol–water partition coefficient (Wildman–Crippen LogP) is -0.270. The van der Waals surface area contributed by atoms with Crippen molar-refractivity contribution in [3.8, 4) is 5.75 Å². The van der Waals surface area contributed by atoms with E-state index in [4.69, 9.17) is 14.2 Å². The molecule has 0 aliphatic carbocycles. The number of carboxylic acids is 3. The smallest absolute Gasteiger partial charge is 0.480 e. The normalized spacial score (nSPS) is 15.5. The molecule has 286 valence electrons. The van der Waals surface area contributed by atoms with Crippen LogP contribution in [0.1, 0.15) is 36.5 Å². The topological polar surface area (TPSA) is 228 Å². The van der Waals surface area contributed by atoms with Crippen molar-refractivity contribution in [1.82, 2.24) is 30.2 Å². The molecule has 1 aromatic carbocycles. The molecule has 51 heavy (non-hydrogen) atoms. The molecule has 0 aromatic heterocycles. The number of carbonyl (C=O) groups is 6. The second-order valence-corrected chi connectivity index (χ2v) is 11.9. The summed E-state index contributed by atoms with van der Waals surface area (Å²) in [5, 5.41) is 33.6. The number of aliphatic carboxylic acids is 3. The Balaban J connectivity index is 1.74. The predicted molar refractivity (Wildman–Crippen MR) is 183 cm³/mol. The lowest BCUT2D eigenvalue weighted by Gasteiger charge is -2.32. The summed E-state index contributed by atoms with van der Waals surface area (Å²) in [5.41, 5.74) is 0.448. The van der Waals surface area contributed by atoms with Crippen molar-refractivity contribution < 1.29 is 58.3 Å². The van der Waals surface area contributed by atoms with Crippen LogP contribution in [0.4, 0.5) is 4.79 Å². The van der Waals surface area contributed by atoms with Gasteiger partial charge in [-0.2, -0.15) is 0 Å². The van der Waals surface area contributed by atoms with Gasteiger partial charge < -0.3 is 40.2 Å². The Morgan fingerprint density at radius 1 is 0.627 bits per heavy atom. The van der Waals surface area contributed by atoms with E-state index in [1.807, 2.05) is 4.90 Å². The molecule has 2 rings (SSSR count). The lowest BCUT2D eigenvalue weighted by atomic mass is 10.2. The van der Waals surface area contributed by atoms with Gasteiger partial charge in [0.1, 0.15) is 12.4 Å². The first-order valence-electron chi connectivity index (χ1n) is 17.1. The molecule has 18 nitrogen and oxygen atoms in total. The molecule has 0 unspecified atom stereocenters. The maximum Gasteiger partial charge on any atom is 0.513 e. The van der Waals surface area contributed by atoms with E-state index in [1.54, 1.807) is 26.8 Å². The lowest BCUT2D eigenvalue weighted by Crippen LogP contribution is -2.50. The van der Waals surface area contributed by atoms with Gasteiger partial charge in [-0.1, -0.05) is 19.8 Å². The zero-order chi connectivity index (χ0) is 37.4. The van der Waals surface area contributed by atoms with Gasteiger partial charge in [-0.25, -0.2) is 4.79 Å². The van der Waals surface area contributed by atoms with Gasteiger partial charge in [-0.3, -0.25) is 43.6 Å². The highest BCUT2D eigenvalue weighted by molar-refractivity contribution is 5.94. The van der Waals surface area contributed by atoms with Crippen LogP contribution in [-0.2, 0) is 28.7 Å². The number of ether oxygens (including phenoxy) is 3. The molecular weight excluding hydrogens is 672 g/mol. The summed E-state index contributed by atoms with van der Waals surface area (Å²) in [6.07, 6.45) is 2.07. The standard InChI is InChI=1S/C33H52N6O12/c1-2-3-4-9-35-32(47)26-5-7-27(8-6-26)51-33(48)50-21-20-49-19-10-34-28(40)22-36-11-13-37(23-29(41)42)15-17-39(25-31(45)46)18-16-38(14-12-36)24-30(43)44/h5-8H,2-4,9-25H2,1H3,(H,34,40)(H,35,47)(H,41,42)(H,43,44)(H,45,46). The third-order valence-electron chi connectivity index (χ3n) is 7.77. The molecular formula is C33H52N6O12. The van der Waals surface area contributed by atoms with E-state index in [-0.39, 0.29) is 96.3 Å². The van der Waals surface area contributed by atoms with Crippen LogP contribution in [0.3, 0.4) is 0 Å². The number of carbonyl (C=O) groups excluding carboxylic acids is 3. The summed E-state index contributed by atoms with van der Waals surface area (Å²) in [4.78, 5) is 78.0. The van der Waals surface area contributed by atoms with Crippen LogP contribution in [-0.4, -0.2) is 182 Å². The highest BCUT2D eigenvalue weighted by Crippen LogP contribution is 2.13. The van der Waals surface area contributed by atoms with Gasteiger partial charge in [0.2, 0.25) is 5.91 Å². The number of hydrogen-bond donors (Lipinski definition) is 5. The molecule has 1 aliphatic rings. The molecule has 1 aliphatic heterocycles. The summed E-state index contributed by atoms with van der Waals surface area (Å²) >= 11 is 0. The van der Waals surface area contributed by atoms with Crippen LogP contribution in [0.15, 0.2) is 24.3 Å². The number of nitrogens with zero attached hydrogens (tertiary/aromatic N) is 4. The second kappa shape index (κ2) is 24.7. The number of amides is 2. The fourth-order valence-electron chi connectivity index (χ4n) is 5.07. The summed E-state index contributed by atoms with van der Waals surface area (Å²) < 4.78 is 15.5. The van der Waals surface area contributed by atoms with Crippen LogP contribution >= 0.6 is 0 Å². The van der Waals surface area contributed by atoms with Crippen LogP contribution in [0.2, 0.25) is 0 Å².